The summed E-state index contributed by atoms with van der Waals surface area (Å²) in [6.45, 7) is 4.09. The maximum absolute atomic E-state index is 12.4. The molecule has 0 amide bonds. The van der Waals surface area contributed by atoms with Crippen molar-refractivity contribution in [1.29, 1.82) is 0 Å². The van der Waals surface area contributed by atoms with Gasteiger partial charge in [-0.25, -0.2) is 0 Å². The molecule has 0 N–H and O–H groups in total. The highest BCUT2D eigenvalue weighted by Crippen LogP contribution is 2.66. The topological polar surface area (TPSA) is 17.1 Å². The van der Waals surface area contributed by atoms with Crippen LogP contribution in [0.2, 0.25) is 0 Å². The van der Waals surface area contributed by atoms with E-state index in [-0.39, 0.29) is 5.41 Å². The molecule has 0 saturated heterocycles. The Labute approximate surface area is 121 Å². The maximum Gasteiger partial charge on any atom is 0.136 e. The van der Waals surface area contributed by atoms with Crippen molar-refractivity contribution in [3.05, 3.63) is 35.4 Å². The van der Waals surface area contributed by atoms with Crippen LogP contribution in [0.25, 0.3) is 0 Å². The van der Waals surface area contributed by atoms with E-state index in [2.05, 4.69) is 31.2 Å². The van der Waals surface area contributed by atoms with Gasteiger partial charge in [-0.3, -0.25) is 4.79 Å². The lowest BCUT2D eigenvalue weighted by Crippen LogP contribution is -2.56. The van der Waals surface area contributed by atoms with Crippen LogP contribution in [0.15, 0.2) is 24.3 Å². The normalized spacial score (nSPS) is 41.9. The van der Waals surface area contributed by atoms with Crippen molar-refractivity contribution in [2.75, 3.05) is 0 Å². The first kappa shape index (κ1) is 12.6. The summed E-state index contributed by atoms with van der Waals surface area (Å²) in [4.78, 5) is 12.4. The van der Waals surface area contributed by atoms with Crippen molar-refractivity contribution < 1.29 is 4.79 Å². The Bertz CT molecular complexity index is 557. The average molecular weight is 268 g/mol. The molecule has 4 saturated carbocycles. The van der Waals surface area contributed by atoms with Crippen LogP contribution in [0.3, 0.4) is 0 Å². The molecule has 2 atom stereocenters. The van der Waals surface area contributed by atoms with Gasteiger partial charge in [-0.05, 0) is 80.8 Å². The average Bonchev–Trinajstić information content (AvgIpc) is 2.37. The predicted octanol–water partition coefficient (Wildman–Crippen LogP) is 4.42. The Kier molecular flexibility index (Phi) is 2.50. The van der Waals surface area contributed by atoms with Gasteiger partial charge >= 0.3 is 0 Å². The second-order valence-electron chi connectivity index (χ2n) is 7.89. The number of carbonyl (C=O) groups excluding carboxylic acids is 1. The third kappa shape index (κ3) is 1.58. The molecule has 0 heterocycles. The molecule has 1 heteroatoms. The van der Waals surface area contributed by atoms with Crippen LogP contribution in [0, 0.1) is 24.2 Å². The van der Waals surface area contributed by atoms with Gasteiger partial charge in [0, 0.05) is 5.41 Å². The number of rotatable bonds is 2. The molecule has 20 heavy (non-hydrogen) atoms. The first-order valence-corrected chi connectivity index (χ1v) is 8.10. The molecular formula is C19H24O. The lowest BCUT2D eigenvalue weighted by molar-refractivity contribution is -0.144. The van der Waals surface area contributed by atoms with E-state index in [0.29, 0.717) is 11.2 Å². The monoisotopic (exact) mass is 268 g/mol. The van der Waals surface area contributed by atoms with Gasteiger partial charge in [0.05, 0.1) is 0 Å². The second-order valence-corrected chi connectivity index (χ2v) is 7.89. The van der Waals surface area contributed by atoms with Gasteiger partial charge in [-0.1, -0.05) is 24.3 Å². The van der Waals surface area contributed by atoms with Gasteiger partial charge in [0.2, 0.25) is 0 Å². The Morgan fingerprint density at radius 1 is 1.10 bits per heavy atom. The van der Waals surface area contributed by atoms with Crippen molar-refractivity contribution in [3.8, 4) is 0 Å². The molecule has 0 aromatic heterocycles. The number of aryl methyl sites for hydroxylation is 1. The number of benzene rings is 1. The standard InChI is InChI=1S/C19H24O/c1-13-5-3-4-6-17(13)19-10-15-7-16(11-19)9-18(8-15,12-19)14(2)20/h3-6,15-16H,7-12H2,1-2H3. The first-order chi connectivity index (χ1) is 9.53. The first-order valence-electron chi connectivity index (χ1n) is 8.10. The van der Waals surface area contributed by atoms with Gasteiger partial charge in [-0.15, -0.1) is 0 Å². The van der Waals surface area contributed by atoms with Crippen molar-refractivity contribution in [1.82, 2.24) is 0 Å². The quantitative estimate of drug-likeness (QED) is 0.776. The summed E-state index contributed by atoms with van der Waals surface area (Å²) < 4.78 is 0. The molecule has 1 aromatic rings. The van der Waals surface area contributed by atoms with Crippen molar-refractivity contribution in [3.63, 3.8) is 0 Å². The smallest absolute Gasteiger partial charge is 0.136 e. The van der Waals surface area contributed by atoms with E-state index in [0.717, 1.165) is 18.3 Å². The molecule has 5 rings (SSSR count). The Hall–Kier alpha value is -1.11. The summed E-state index contributed by atoms with van der Waals surface area (Å²) in [5.41, 5.74) is 3.29. The zero-order valence-corrected chi connectivity index (χ0v) is 12.6. The van der Waals surface area contributed by atoms with Crippen LogP contribution < -0.4 is 0 Å². The molecule has 2 unspecified atom stereocenters. The Balaban J connectivity index is 1.83. The van der Waals surface area contributed by atoms with E-state index < -0.39 is 0 Å². The Morgan fingerprint density at radius 3 is 2.35 bits per heavy atom. The van der Waals surface area contributed by atoms with Gasteiger partial charge in [0.1, 0.15) is 5.78 Å². The number of ketones is 1. The minimum absolute atomic E-state index is 0.0202. The zero-order chi connectivity index (χ0) is 14.0. The third-order valence-electron chi connectivity index (χ3n) is 6.52. The van der Waals surface area contributed by atoms with E-state index in [9.17, 15) is 4.79 Å². The van der Waals surface area contributed by atoms with Crippen molar-refractivity contribution in [2.45, 2.75) is 57.8 Å². The van der Waals surface area contributed by atoms with Crippen LogP contribution in [0.5, 0.6) is 0 Å². The lowest BCUT2D eigenvalue weighted by atomic mass is 9.42. The number of Topliss-reactive ketones (excluding diaryl/α,β-unsaturated/α-hetero) is 1. The third-order valence-corrected chi connectivity index (χ3v) is 6.52. The molecule has 4 bridgehead atoms. The molecule has 4 aliphatic rings. The van der Waals surface area contributed by atoms with Crippen LogP contribution in [-0.4, -0.2) is 5.78 Å². The fraction of sp³-hybridized carbons (Fsp3) is 0.632. The molecule has 0 radical (unpaired) electrons. The molecule has 0 spiro atoms. The summed E-state index contributed by atoms with van der Waals surface area (Å²) in [5, 5.41) is 0. The molecule has 1 aromatic carbocycles. The minimum atomic E-state index is 0.0202. The van der Waals surface area contributed by atoms with E-state index in [4.69, 9.17) is 0 Å². The lowest BCUT2D eigenvalue weighted by Gasteiger charge is -2.62. The molecule has 0 aliphatic heterocycles. The van der Waals surface area contributed by atoms with Crippen LogP contribution in [0.1, 0.15) is 56.6 Å². The van der Waals surface area contributed by atoms with Gasteiger partial charge in [0.25, 0.3) is 0 Å². The largest absolute Gasteiger partial charge is 0.299 e. The molecule has 4 fully saturated rings. The van der Waals surface area contributed by atoms with E-state index >= 15 is 0 Å². The fourth-order valence-corrected chi connectivity index (χ4v) is 6.16. The van der Waals surface area contributed by atoms with E-state index in [1.54, 1.807) is 5.56 Å². The molecule has 4 aliphatic carbocycles. The molecule has 1 nitrogen and oxygen atoms in total. The number of hydrogen-bond donors (Lipinski definition) is 0. The summed E-state index contributed by atoms with van der Waals surface area (Å²) in [7, 11) is 0. The number of hydrogen-bond acceptors (Lipinski definition) is 1. The molecular weight excluding hydrogens is 244 g/mol. The van der Waals surface area contributed by atoms with Crippen LogP contribution in [0.4, 0.5) is 0 Å². The highest BCUT2D eigenvalue weighted by molar-refractivity contribution is 5.83. The van der Waals surface area contributed by atoms with Crippen LogP contribution >= 0.6 is 0 Å². The number of carbonyl (C=O) groups is 1. The fourth-order valence-electron chi connectivity index (χ4n) is 6.16. The summed E-state index contributed by atoms with van der Waals surface area (Å²) in [6.07, 6.45) is 7.49. The Morgan fingerprint density at radius 2 is 1.75 bits per heavy atom. The van der Waals surface area contributed by atoms with Crippen molar-refractivity contribution in [2.24, 2.45) is 17.3 Å². The maximum atomic E-state index is 12.4. The van der Waals surface area contributed by atoms with Crippen molar-refractivity contribution >= 4 is 5.78 Å². The SMILES string of the molecule is CC(=O)C12CC3CC(C1)CC(c1ccccc1C)(C3)C2. The van der Waals surface area contributed by atoms with Crippen LogP contribution in [-0.2, 0) is 10.2 Å². The highest BCUT2D eigenvalue weighted by Gasteiger charge is 2.59. The minimum Gasteiger partial charge on any atom is -0.299 e. The summed E-state index contributed by atoms with van der Waals surface area (Å²) in [6, 6.07) is 8.89. The van der Waals surface area contributed by atoms with E-state index in [1.165, 1.54) is 37.7 Å². The zero-order valence-electron chi connectivity index (χ0n) is 12.6. The van der Waals surface area contributed by atoms with Gasteiger partial charge in [0.15, 0.2) is 0 Å². The van der Waals surface area contributed by atoms with Gasteiger partial charge < -0.3 is 0 Å². The summed E-state index contributed by atoms with van der Waals surface area (Å²) >= 11 is 0. The highest BCUT2D eigenvalue weighted by atomic mass is 16.1. The van der Waals surface area contributed by atoms with E-state index in [1.807, 2.05) is 6.92 Å². The molecule has 106 valence electrons. The van der Waals surface area contributed by atoms with Gasteiger partial charge in [-0.2, -0.15) is 0 Å². The summed E-state index contributed by atoms with van der Waals surface area (Å²) in [5.74, 6) is 2.05. The predicted molar refractivity (Wildman–Crippen MR) is 80.7 cm³/mol. The second kappa shape index (κ2) is 3.96.